The molecule has 29 heavy (non-hydrogen) atoms. The molecule has 0 amide bonds. The van der Waals surface area contributed by atoms with E-state index in [0.717, 1.165) is 19.3 Å². The summed E-state index contributed by atoms with van der Waals surface area (Å²) in [4.78, 5) is 10.4. The van der Waals surface area contributed by atoms with Crippen molar-refractivity contribution in [3.8, 4) is 0 Å². The summed E-state index contributed by atoms with van der Waals surface area (Å²) in [6.45, 7) is 6.22. The molecule has 0 spiro atoms. The summed E-state index contributed by atoms with van der Waals surface area (Å²) in [7, 11) is 2.35. The van der Waals surface area contributed by atoms with Gasteiger partial charge in [0.25, 0.3) is 0 Å². The van der Waals surface area contributed by atoms with E-state index in [4.69, 9.17) is 4.52 Å². The smallest absolute Gasteiger partial charge is 0.320 e. The molecule has 5 heteroatoms. The van der Waals surface area contributed by atoms with Crippen LogP contribution in [0.2, 0.25) is 0 Å². The standard InChI is InChI=1S/C24H50NO3P/c1-6-8-9-10-11-12-13-14-15-16-17-18-19-20-21-23-28-29(26,27)24(22-7-2)25(3,4)5/h6,24H,1,7-23H2,2-5H3/p+1. The fourth-order valence-corrected chi connectivity index (χ4v) is 5.89. The highest BCUT2D eigenvalue weighted by atomic mass is 31.2. The van der Waals surface area contributed by atoms with Crippen LogP contribution in [0, 0.1) is 0 Å². The number of quaternary nitrogens is 1. The summed E-state index contributed by atoms with van der Waals surface area (Å²) in [6.07, 6.45) is 21.5. The molecule has 0 aliphatic heterocycles. The third-order valence-corrected chi connectivity index (χ3v) is 7.90. The molecule has 0 aromatic rings. The van der Waals surface area contributed by atoms with Gasteiger partial charge in [-0.1, -0.05) is 83.6 Å². The zero-order valence-corrected chi connectivity index (χ0v) is 20.9. The molecule has 0 bridgehead atoms. The molecule has 0 aliphatic rings. The minimum Gasteiger partial charge on any atom is -0.320 e. The Morgan fingerprint density at radius 2 is 1.28 bits per heavy atom. The van der Waals surface area contributed by atoms with Crippen LogP contribution in [0.1, 0.15) is 110 Å². The van der Waals surface area contributed by atoms with Crippen molar-refractivity contribution in [2.24, 2.45) is 0 Å². The number of hydrogen-bond acceptors (Lipinski definition) is 2. The van der Waals surface area contributed by atoms with Crippen LogP contribution in [-0.2, 0) is 9.09 Å². The van der Waals surface area contributed by atoms with Gasteiger partial charge in [-0.2, -0.15) is 0 Å². The lowest BCUT2D eigenvalue weighted by Gasteiger charge is -2.35. The van der Waals surface area contributed by atoms with Gasteiger partial charge in [-0.05, 0) is 25.7 Å². The van der Waals surface area contributed by atoms with Crippen molar-refractivity contribution < 1.29 is 18.5 Å². The first-order chi connectivity index (χ1) is 13.8. The van der Waals surface area contributed by atoms with Gasteiger partial charge in [-0.25, -0.2) is 0 Å². The minimum absolute atomic E-state index is 0.334. The Balaban J connectivity index is 3.57. The molecule has 0 aromatic carbocycles. The molecule has 2 atom stereocenters. The lowest BCUT2D eigenvalue weighted by Crippen LogP contribution is -2.45. The quantitative estimate of drug-likeness (QED) is 0.0876. The summed E-state index contributed by atoms with van der Waals surface area (Å²) < 4.78 is 18.6. The molecule has 2 unspecified atom stereocenters. The highest BCUT2D eigenvalue weighted by molar-refractivity contribution is 7.53. The molecule has 4 nitrogen and oxygen atoms in total. The Morgan fingerprint density at radius 1 is 0.862 bits per heavy atom. The average Bonchev–Trinajstić information content (AvgIpc) is 2.64. The van der Waals surface area contributed by atoms with Crippen LogP contribution in [0.3, 0.4) is 0 Å². The van der Waals surface area contributed by atoms with Gasteiger partial charge in [0.1, 0.15) is 0 Å². The van der Waals surface area contributed by atoms with Gasteiger partial charge >= 0.3 is 7.60 Å². The summed E-state index contributed by atoms with van der Waals surface area (Å²) in [5.41, 5.74) is 0. The SMILES string of the molecule is C=CCCCCCCCCCCCCCCCOP(=O)(O)C(CCC)[N+](C)(C)C. The molecular formula is C24H51NO3P+. The number of unbranched alkanes of at least 4 members (excludes halogenated alkanes) is 13. The van der Waals surface area contributed by atoms with Gasteiger partial charge < -0.3 is 13.9 Å². The number of nitrogens with zero attached hydrogens (tertiary/aromatic N) is 1. The third-order valence-electron chi connectivity index (χ3n) is 5.65. The Kier molecular flexibility index (Phi) is 17.4. The second-order valence-corrected chi connectivity index (χ2v) is 11.4. The first-order valence-corrected chi connectivity index (χ1v) is 13.8. The van der Waals surface area contributed by atoms with Crippen molar-refractivity contribution in [1.29, 1.82) is 0 Å². The molecular weight excluding hydrogens is 381 g/mol. The van der Waals surface area contributed by atoms with Crippen LogP contribution in [0.5, 0.6) is 0 Å². The topological polar surface area (TPSA) is 46.5 Å². The van der Waals surface area contributed by atoms with Crippen molar-refractivity contribution in [1.82, 2.24) is 0 Å². The van der Waals surface area contributed by atoms with Gasteiger partial charge in [-0.15, -0.1) is 6.58 Å². The maximum absolute atomic E-state index is 12.6. The molecule has 174 valence electrons. The minimum atomic E-state index is -3.56. The predicted molar refractivity (Wildman–Crippen MR) is 127 cm³/mol. The second-order valence-electron chi connectivity index (χ2n) is 9.46. The summed E-state index contributed by atoms with van der Waals surface area (Å²) in [5.74, 6) is -0.334. The second kappa shape index (κ2) is 17.5. The van der Waals surface area contributed by atoms with Crippen molar-refractivity contribution in [3.05, 3.63) is 12.7 Å². The van der Waals surface area contributed by atoms with Crippen LogP contribution in [-0.4, -0.2) is 42.9 Å². The van der Waals surface area contributed by atoms with Gasteiger partial charge in [0.05, 0.1) is 27.7 Å². The number of hydrogen-bond donors (Lipinski definition) is 1. The van der Waals surface area contributed by atoms with E-state index in [1.54, 1.807) is 0 Å². The van der Waals surface area contributed by atoms with E-state index in [9.17, 15) is 9.46 Å². The molecule has 0 rings (SSSR count). The first kappa shape index (κ1) is 28.9. The molecule has 0 fully saturated rings. The van der Waals surface area contributed by atoms with Crippen LogP contribution in [0.15, 0.2) is 12.7 Å². The summed E-state index contributed by atoms with van der Waals surface area (Å²) in [5, 5.41) is 0. The monoisotopic (exact) mass is 432 g/mol. The van der Waals surface area contributed by atoms with Crippen LogP contribution >= 0.6 is 7.60 Å². The van der Waals surface area contributed by atoms with Gasteiger partial charge in [0.2, 0.25) is 0 Å². The molecule has 1 N–H and O–H groups in total. The van der Waals surface area contributed by atoms with E-state index in [0.29, 0.717) is 17.5 Å². The number of allylic oxidation sites excluding steroid dienone is 1. The van der Waals surface area contributed by atoms with Crippen molar-refractivity contribution >= 4 is 7.60 Å². The number of rotatable bonds is 21. The van der Waals surface area contributed by atoms with Crippen LogP contribution in [0.4, 0.5) is 0 Å². The van der Waals surface area contributed by atoms with Gasteiger partial charge in [0, 0.05) is 6.42 Å². The molecule has 0 radical (unpaired) electrons. The van der Waals surface area contributed by atoms with E-state index < -0.39 is 7.60 Å². The highest BCUT2D eigenvalue weighted by Gasteiger charge is 2.41. The average molecular weight is 433 g/mol. The largest absolute Gasteiger partial charge is 0.385 e. The molecule has 0 aliphatic carbocycles. The Morgan fingerprint density at radius 3 is 1.66 bits per heavy atom. The van der Waals surface area contributed by atoms with E-state index >= 15 is 0 Å². The van der Waals surface area contributed by atoms with Crippen LogP contribution < -0.4 is 0 Å². The summed E-state index contributed by atoms with van der Waals surface area (Å²) >= 11 is 0. The molecule has 0 saturated heterocycles. The maximum atomic E-state index is 12.6. The third kappa shape index (κ3) is 16.2. The molecule has 0 aromatic heterocycles. The van der Waals surface area contributed by atoms with Gasteiger partial charge in [0.15, 0.2) is 5.78 Å². The Hall–Kier alpha value is -0.150. The Labute approximate surface area is 182 Å². The van der Waals surface area contributed by atoms with Crippen molar-refractivity contribution in [2.75, 3.05) is 27.7 Å². The van der Waals surface area contributed by atoms with Crippen molar-refractivity contribution in [3.63, 3.8) is 0 Å². The fraction of sp³-hybridized carbons (Fsp3) is 0.917. The van der Waals surface area contributed by atoms with Crippen molar-refractivity contribution in [2.45, 2.75) is 115 Å². The van der Waals surface area contributed by atoms with E-state index in [2.05, 4.69) is 6.58 Å². The van der Waals surface area contributed by atoms with Crippen LogP contribution in [0.25, 0.3) is 0 Å². The van der Waals surface area contributed by atoms with E-state index in [1.165, 1.54) is 77.0 Å². The molecule has 0 saturated carbocycles. The normalized spacial score (nSPS) is 15.2. The fourth-order valence-electron chi connectivity index (χ4n) is 3.86. The Bertz CT molecular complexity index is 434. The summed E-state index contributed by atoms with van der Waals surface area (Å²) in [6, 6.07) is 0. The predicted octanol–water partition coefficient (Wildman–Crippen LogP) is 7.67. The lowest BCUT2D eigenvalue weighted by molar-refractivity contribution is -0.883. The van der Waals surface area contributed by atoms with Gasteiger partial charge in [-0.3, -0.25) is 4.57 Å². The zero-order chi connectivity index (χ0) is 22.0. The molecule has 0 heterocycles. The first-order valence-electron chi connectivity index (χ1n) is 12.1. The zero-order valence-electron chi connectivity index (χ0n) is 20.0. The highest BCUT2D eigenvalue weighted by Crippen LogP contribution is 2.51. The van der Waals surface area contributed by atoms with E-state index in [1.807, 2.05) is 34.1 Å². The lowest BCUT2D eigenvalue weighted by atomic mass is 10.0. The van der Waals surface area contributed by atoms with E-state index in [-0.39, 0.29) is 5.78 Å². The maximum Gasteiger partial charge on any atom is 0.385 e.